The molecule has 0 radical (unpaired) electrons. The number of thiazole rings is 1. The van der Waals surface area contributed by atoms with E-state index in [1.807, 2.05) is 6.07 Å². The first-order valence-electron chi connectivity index (χ1n) is 7.54. The van der Waals surface area contributed by atoms with Crippen LogP contribution in [0.2, 0.25) is 0 Å². The average Bonchev–Trinajstić information content (AvgIpc) is 3.21. The van der Waals surface area contributed by atoms with Crippen molar-refractivity contribution in [3.05, 3.63) is 45.3 Å². The van der Waals surface area contributed by atoms with Gasteiger partial charge in [-0.3, -0.25) is 25.3 Å². The summed E-state index contributed by atoms with van der Waals surface area (Å²) in [5.74, 6) is -0.618. The van der Waals surface area contributed by atoms with Gasteiger partial charge >= 0.3 is 5.69 Å². The van der Waals surface area contributed by atoms with E-state index in [0.29, 0.717) is 5.13 Å². The predicted octanol–water partition coefficient (Wildman–Crippen LogP) is 3.06. The molecule has 0 unspecified atom stereocenters. The van der Waals surface area contributed by atoms with Gasteiger partial charge in [-0.1, -0.05) is 17.4 Å². The summed E-state index contributed by atoms with van der Waals surface area (Å²) < 4.78 is 1.00. The maximum atomic E-state index is 12.2. The molecule has 3 aromatic rings. The molecule has 1 aliphatic rings. The molecule has 0 fully saturated rings. The topological polar surface area (TPSA) is 114 Å². The van der Waals surface area contributed by atoms with Crippen LogP contribution in [0.3, 0.4) is 0 Å². The number of aromatic nitrogens is 3. The minimum atomic E-state index is -0.646. The van der Waals surface area contributed by atoms with E-state index in [9.17, 15) is 14.9 Å². The van der Waals surface area contributed by atoms with Gasteiger partial charge < -0.3 is 0 Å². The van der Waals surface area contributed by atoms with E-state index in [-0.39, 0.29) is 11.4 Å². The van der Waals surface area contributed by atoms with Crippen molar-refractivity contribution >= 4 is 38.3 Å². The van der Waals surface area contributed by atoms with Crippen LogP contribution in [0.15, 0.2) is 18.3 Å². The molecule has 0 saturated carbocycles. The fourth-order valence-corrected chi connectivity index (χ4v) is 3.91. The normalized spacial score (nSPS) is 13.7. The molecule has 2 heterocycles. The Morgan fingerprint density at radius 1 is 1.33 bits per heavy atom. The summed E-state index contributed by atoms with van der Waals surface area (Å²) in [6.07, 6.45) is 5.41. The van der Waals surface area contributed by atoms with E-state index in [2.05, 4.69) is 26.6 Å². The van der Waals surface area contributed by atoms with Crippen molar-refractivity contribution in [1.29, 1.82) is 0 Å². The number of carbonyl (C=O) groups is 1. The third-order valence-electron chi connectivity index (χ3n) is 4.15. The molecule has 1 aliphatic carbocycles. The highest BCUT2D eigenvalue weighted by molar-refractivity contribution is 7.22. The summed E-state index contributed by atoms with van der Waals surface area (Å²) >= 11 is 1.36. The Morgan fingerprint density at radius 3 is 3.00 bits per heavy atom. The molecule has 24 heavy (non-hydrogen) atoms. The summed E-state index contributed by atoms with van der Waals surface area (Å²) in [6, 6.07) is 4.14. The zero-order valence-electron chi connectivity index (χ0n) is 12.5. The van der Waals surface area contributed by atoms with Crippen LogP contribution >= 0.6 is 11.3 Å². The third kappa shape index (κ3) is 2.42. The molecule has 1 amide bonds. The zero-order valence-corrected chi connectivity index (χ0v) is 13.4. The van der Waals surface area contributed by atoms with E-state index in [1.54, 1.807) is 0 Å². The molecule has 4 rings (SSSR count). The highest BCUT2D eigenvalue weighted by Gasteiger charge is 2.24. The Balaban J connectivity index is 1.66. The quantitative estimate of drug-likeness (QED) is 0.560. The lowest BCUT2D eigenvalue weighted by Gasteiger charge is -2.15. The van der Waals surface area contributed by atoms with Crippen molar-refractivity contribution in [2.45, 2.75) is 25.7 Å². The van der Waals surface area contributed by atoms with E-state index in [1.165, 1.54) is 28.9 Å². The SMILES string of the molecule is O=C(Nc1nc2c3c(ccc2s1)CCCC3)c1[nH]ncc1[N+](=O)[O-]. The molecule has 0 spiro atoms. The van der Waals surface area contributed by atoms with Crippen molar-refractivity contribution in [2.24, 2.45) is 0 Å². The molecule has 8 nitrogen and oxygen atoms in total. The third-order valence-corrected chi connectivity index (χ3v) is 5.09. The van der Waals surface area contributed by atoms with E-state index in [0.717, 1.165) is 35.7 Å². The molecular weight excluding hydrogens is 330 g/mol. The van der Waals surface area contributed by atoms with Gasteiger partial charge in [-0.25, -0.2) is 4.98 Å². The number of aryl methyl sites for hydroxylation is 2. The van der Waals surface area contributed by atoms with Crippen LogP contribution in [0, 0.1) is 10.1 Å². The summed E-state index contributed by atoms with van der Waals surface area (Å²) in [6.45, 7) is 0. The number of H-pyrrole nitrogens is 1. The van der Waals surface area contributed by atoms with Gasteiger partial charge in [-0.2, -0.15) is 5.10 Å². The van der Waals surface area contributed by atoms with Gasteiger partial charge in [0.1, 0.15) is 6.20 Å². The van der Waals surface area contributed by atoms with Crippen molar-refractivity contribution in [3.63, 3.8) is 0 Å². The molecule has 9 heteroatoms. The molecular formula is C15H13N5O3S. The van der Waals surface area contributed by atoms with Crippen molar-refractivity contribution < 1.29 is 9.72 Å². The van der Waals surface area contributed by atoms with Crippen LogP contribution in [0.25, 0.3) is 10.2 Å². The number of benzene rings is 1. The minimum Gasteiger partial charge on any atom is -0.296 e. The molecule has 2 N–H and O–H groups in total. The first-order valence-corrected chi connectivity index (χ1v) is 8.35. The van der Waals surface area contributed by atoms with Crippen LogP contribution in [0.1, 0.15) is 34.5 Å². The van der Waals surface area contributed by atoms with Gasteiger partial charge in [0.05, 0.1) is 15.1 Å². The predicted molar refractivity (Wildman–Crippen MR) is 89.5 cm³/mol. The maximum absolute atomic E-state index is 12.2. The van der Waals surface area contributed by atoms with Gasteiger partial charge in [0, 0.05) is 0 Å². The number of hydrogen-bond acceptors (Lipinski definition) is 6. The number of hydrogen-bond donors (Lipinski definition) is 2. The standard InChI is InChI=1S/C15H13N5O3S/c21-14(13-10(20(22)23)7-16-19-13)18-15-17-12-9-4-2-1-3-8(9)5-6-11(12)24-15/h5-7H,1-4H2,(H,16,19)(H,17,18,21). The van der Waals surface area contributed by atoms with Gasteiger partial charge in [-0.05, 0) is 42.9 Å². The highest BCUT2D eigenvalue weighted by Crippen LogP contribution is 2.34. The van der Waals surface area contributed by atoms with Crippen molar-refractivity contribution in [2.75, 3.05) is 5.32 Å². The fourth-order valence-electron chi connectivity index (χ4n) is 3.02. The van der Waals surface area contributed by atoms with E-state index >= 15 is 0 Å². The second kappa shape index (κ2) is 5.68. The Kier molecular flexibility index (Phi) is 3.49. The van der Waals surface area contributed by atoms with E-state index < -0.39 is 10.8 Å². The van der Waals surface area contributed by atoms with Crippen LogP contribution < -0.4 is 5.32 Å². The number of nitrogens with one attached hydrogen (secondary N) is 2. The number of amides is 1. The largest absolute Gasteiger partial charge is 0.319 e. The molecule has 0 bridgehead atoms. The van der Waals surface area contributed by atoms with Gasteiger partial charge in [-0.15, -0.1) is 0 Å². The summed E-state index contributed by atoms with van der Waals surface area (Å²) in [7, 11) is 0. The number of anilines is 1. The number of rotatable bonds is 3. The smallest absolute Gasteiger partial charge is 0.296 e. The van der Waals surface area contributed by atoms with Crippen molar-refractivity contribution in [3.8, 4) is 0 Å². The van der Waals surface area contributed by atoms with Gasteiger partial charge in [0.2, 0.25) is 5.69 Å². The highest BCUT2D eigenvalue weighted by atomic mass is 32.1. The lowest BCUT2D eigenvalue weighted by molar-refractivity contribution is -0.385. The van der Waals surface area contributed by atoms with Crippen LogP contribution in [0.4, 0.5) is 10.8 Å². The number of carbonyl (C=O) groups excluding carboxylic acids is 1. The number of nitrogens with zero attached hydrogens (tertiary/aromatic N) is 3. The van der Waals surface area contributed by atoms with Crippen molar-refractivity contribution in [1.82, 2.24) is 15.2 Å². The van der Waals surface area contributed by atoms with Crippen LogP contribution in [-0.4, -0.2) is 26.0 Å². The Bertz CT molecular complexity index is 961. The molecule has 122 valence electrons. The first-order chi connectivity index (χ1) is 11.6. The number of aromatic amines is 1. The van der Waals surface area contributed by atoms with Crippen LogP contribution in [0.5, 0.6) is 0 Å². The lowest BCUT2D eigenvalue weighted by atomic mass is 9.91. The fraction of sp³-hybridized carbons (Fsp3) is 0.267. The Morgan fingerprint density at radius 2 is 2.17 bits per heavy atom. The summed E-state index contributed by atoms with van der Waals surface area (Å²) in [4.78, 5) is 27.0. The summed E-state index contributed by atoms with van der Waals surface area (Å²) in [5.41, 5.74) is 2.96. The zero-order chi connectivity index (χ0) is 16.7. The van der Waals surface area contributed by atoms with Gasteiger partial charge in [0.15, 0.2) is 5.13 Å². The maximum Gasteiger partial charge on any atom is 0.319 e. The summed E-state index contributed by atoms with van der Waals surface area (Å²) in [5, 5.41) is 19.9. The number of nitro groups is 1. The van der Waals surface area contributed by atoms with E-state index in [4.69, 9.17) is 0 Å². The Hall–Kier alpha value is -2.81. The second-order valence-corrected chi connectivity index (χ2v) is 6.65. The molecule has 1 aromatic carbocycles. The minimum absolute atomic E-state index is 0.179. The van der Waals surface area contributed by atoms with Gasteiger partial charge in [0.25, 0.3) is 5.91 Å². The number of fused-ring (bicyclic) bond motifs is 3. The lowest BCUT2D eigenvalue weighted by Crippen LogP contribution is -2.14. The monoisotopic (exact) mass is 343 g/mol. The first kappa shape index (κ1) is 14.8. The molecule has 0 atom stereocenters. The van der Waals surface area contributed by atoms with Crippen LogP contribution in [-0.2, 0) is 12.8 Å². The molecule has 2 aromatic heterocycles. The molecule has 0 aliphatic heterocycles. The second-order valence-electron chi connectivity index (χ2n) is 5.62. The average molecular weight is 343 g/mol. The Labute approximate surface area is 140 Å². The molecule has 0 saturated heterocycles.